The summed E-state index contributed by atoms with van der Waals surface area (Å²) in [5, 5.41) is 5.59. The van der Waals surface area contributed by atoms with Crippen LogP contribution >= 0.6 is 0 Å². The third kappa shape index (κ3) is 2.79. The van der Waals surface area contributed by atoms with E-state index in [4.69, 9.17) is 0 Å². The quantitative estimate of drug-likeness (QED) is 0.696. The third-order valence-electron chi connectivity index (χ3n) is 2.44. The molecule has 20 heavy (non-hydrogen) atoms. The molecule has 4 nitrogen and oxygen atoms in total. The summed E-state index contributed by atoms with van der Waals surface area (Å²) in [6, 6.07) is 0.0667. The van der Waals surface area contributed by atoms with Crippen LogP contribution in [0.15, 0.2) is 18.5 Å². The van der Waals surface area contributed by atoms with Crippen LogP contribution in [0, 0.1) is 30.2 Å². The Bertz CT molecular complexity index is 643. The topological polar surface area (TPSA) is 46.9 Å². The fourth-order valence-electron chi connectivity index (χ4n) is 1.56. The number of benzene rings is 1. The van der Waals surface area contributed by atoms with Gasteiger partial charge in [0.2, 0.25) is 5.91 Å². The number of halogens is 4. The molecule has 0 aliphatic carbocycles. The van der Waals surface area contributed by atoms with Gasteiger partial charge in [-0.1, -0.05) is 0 Å². The van der Waals surface area contributed by atoms with E-state index in [1.807, 2.05) is 0 Å². The number of hydrogen-bond donors (Lipinski definition) is 1. The predicted molar refractivity (Wildman–Crippen MR) is 61.9 cm³/mol. The van der Waals surface area contributed by atoms with Crippen molar-refractivity contribution in [3.63, 3.8) is 0 Å². The third-order valence-corrected chi connectivity index (χ3v) is 2.44. The van der Waals surface area contributed by atoms with E-state index >= 15 is 0 Å². The van der Waals surface area contributed by atoms with Crippen molar-refractivity contribution in [3.05, 3.63) is 47.3 Å². The molecule has 2 aromatic rings. The van der Waals surface area contributed by atoms with Crippen LogP contribution in [-0.4, -0.2) is 15.7 Å². The molecule has 0 bridgehead atoms. The largest absolute Gasteiger partial charge is 0.319 e. The fraction of sp³-hybridized carbons (Fsp3) is 0.167. The standard InChI is InChI=1S/C12H9F4N3O/c1-6-3-17-19(4-6)5-9(20)18-12-10(15)7(13)2-8(14)11(12)16/h2-4H,5H2,1H3,(H,18,20). The van der Waals surface area contributed by atoms with Gasteiger partial charge in [0, 0.05) is 12.3 Å². The van der Waals surface area contributed by atoms with Gasteiger partial charge in [0.05, 0.1) is 6.20 Å². The minimum atomic E-state index is -1.66. The van der Waals surface area contributed by atoms with Gasteiger partial charge < -0.3 is 5.32 Å². The first-order valence-electron chi connectivity index (χ1n) is 5.50. The summed E-state index contributed by atoms with van der Waals surface area (Å²) < 4.78 is 53.8. The number of carbonyl (C=O) groups is 1. The van der Waals surface area contributed by atoms with E-state index < -0.39 is 34.9 Å². The lowest BCUT2D eigenvalue weighted by molar-refractivity contribution is -0.116. The molecule has 0 atom stereocenters. The number of aromatic nitrogens is 2. The Hall–Kier alpha value is -2.38. The highest BCUT2D eigenvalue weighted by atomic mass is 19.2. The van der Waals surface area contributed by atoms with Gasteiger partial charge in [0.1, 0.15) is 12.2 Å². The Morgan fingerprint density at radius 3 is 2.35 bits per heavy atom. The zero-order valence-corrected chi connectivity index (χ0v) is 10.3. The molecule has 1 N–H and O–H groups in total. The fourth-order valence-corrected chi connectivity index (χ4v) is 1.56. The Labute approximate surface area is 111 Å². The van der Waals surface area contributed by atoms with E-state index in [0.717, 1.165) is 5.56 Å². The first kappa shape index (κ1) is 14.0. The second kappa shape index (κ2) is 5.32. The molecule has 0 spiro atoms. The maximum Gasteiger partial charge on any atom is 0.246 e. The van der Waals surface area contributed by atoms with Crippen molar-refractivity contribution < 1.29 is 22.4 Å². The average Bonchev–Trinajstić information content (AvgIpc) is 2.77. The summed E-state index contributed by atoms with van der Waals surface area (Å²) in [6.45, 7) is 1.40. The second-order valence-electron chi connectivity index (χ2n) is 4.11. The minimum absolute atomic E-state index is 0.0667. The van der Waals surface area contributed by atoms with Crippen LogP contribution < -0.4 is 5.32 Å². The zero-order valence-electron chi connectivity index (χ0n) is 10.3. The highest BCUT2D eigenvalue weighted by Crippen LogP contribution is 2.24. The molecule has 0 radical (unpaired) electrons. The van der Waals surface area contributed by atoms with E-state index in [1.165, 1.54) is 17.1 Å². The minimum Gasteiger partial charge on any atom is -0.319 e. The molecule has 1 heterocycles. The molecule has 106 valence electrons. The maximum absolute atomic E-state index is 13.3. The van der Waals surface area contributed by atoms with Gasteiger partial charge in [-0.3, -0.25) is 9.48 Å². The lowest BCUT2D eigenvalue weighted by atomic mass is 10.2. The molecular weight excluding hydrogens is 278 g/mol. The summed E-state index contributed by atoms with van der Waals surface area (Å²) >= 11 is 0. The smallest absolute Gasteiger partial charge is 0.246 e. The van der Waals surface area contributed by atoms with Gasteiger partial charge in [-0.25, -0.2) is 17.6 Å². The van der Waals surface area contributed by atoms with Gasteiger partial charge in [0.25, 0.3) is 0 Å². The molecule has 0 unspecified atom stereocenters. The molecule has 0 saturated carbocycles. The molecule has 1 aromatic heterocycles. The SMILES string of the molecule is Cc1cnn(CC(=O)Nc2c(F)c(F)cc(F)c2F)c1. The van der Waals surface area contributed by atoms with E-state index in [9.17, 15) is 22.4 Å². The molecule has 0 saturated heterocycles. The van der Waals surface area contributed by atoms with Crippen LogP contribution in [-0.2, 0) is 11.3 Å². The van der Waals surface area contributed by atoms with Crippen molar-refractivity contribution in [2.45, 2.75) is 13.5 Å². The Morgan fingerprint density at radius 1 is 1.25 bits per heavy atom. The first-order chi connectivity index (χ1) is 9.38. The van der Waals surface area contributed by atoms with Crippen LogP contribution in [0.25, 0.3) is 0 Å². The van der Waals surface area contributed by atoms with Crippen LogP contribution in [0.3, 0.4) is 0 Å². The van der Waals surface area contributed by atoms with Gasteiger partial charge in [-0.15, -0.1) is 0 Å². The van der Waals surface area contributed by atoms with E-state index in [-0.39, 0.29) is 12.6 Å². The van der Waals surface area contributed by atoms with Crippen LogP contribution in [0.2, 0.25) is 0 Å². The molecular formula is C12H9F4N3O. The summed E-state index contributed by atoms with van der Waals surface area (Å²) in [6.07, 6.45) is 3.01. The maximum atomic E-state index is 13.3. The lowest BCUT2D eigenvalue weighted by Gasteiger charge is -2.09. The highest BCUT2D eigenvalue weighted by molar-refractivity contribution is 5.90. The van der Waals surface area contributed by atoms with Crippen molar-refractivity contribution in [1.82, 2.24) is 9.78 Å². The lowest BCUT2D eigenvalue weighted by Crippen LogP contribution is -2.21. The molecule has 2 rings (SSSR count). The van der Waals surface area contributed by atoms with E-state index in [0.29, 0.717) is 0 Å². The number of nitrogens with one attached hydrogen (secondary N) is 1. The Kier molecular flexibility index (Phi) is 3.73. The molecule has 8 heteroatoms. The number of carbonyl (C=O) groups excluding carboxylic acids is 1. The van der Waals surface area contributed by atoms with Gasteiger partial charge >= 0.3 is 0 Å². The van der Waals surface area contributed by atoms with E-state index in [2.05, 4.69) is 5.10 Å². The van der Waals surface area contributed by atoms with Crippen LogP contribution in [0.5, 0.6) is 0 Å². The average molecular weight is 287 g/mol. The van der Waals surface area contributed by atoms with Crippen molar-refractivity contribution in [2.75, 3.05) is 5.32 Å². The van der Waals surface area contributed by atoms with Crippen molar-refractivity contribution in [1.29, 1.82) is 0 Å². The van der Waals surface area contributed by atoms with Gasteiger partial charge in [-0.05, 0) is 12.5 Å². The van der Waals surface area contributed by atoms with Crippen LogP contribution in [0.4, 0.5) is 23.2 Å². The predicted octanol–water partition coefficient (Wildman–Crippen LogP) is 2.39. The Balaban J connectivity index is 2.20. The van der Waals surface area contributed by atoms with E-state index in [1.54, 1.807) is 12.2 Å². The number of anilines is 1. The van der Waals surface area contributed by atoms with Crippen molar-refractivity contribution >= 4 is 11.6 Å². The van der Waals surface area contributed by atoms with Crippen molar-refractivity contribution in [2.24, 2.45) is 0 Å². The molecule has 1 amide bonds. The summed E-state index contributed by atoms with van der Waals surface area (Å²) in [5.74, 6) is -7.36. The first-order valence-corrected chi connectivity index (χ1v) is 5.50. The number of nitrogens with zero attached hydrogens (tertiary/aromatic N) is 2. The summed E-state index contributed by atoms with van der Waals surface area (Å²) in [5.41, 5.74) is -0.372. The second-order valence-corrected chi connectivity index (χ2v) is 4.11. The van der Waals surface area contributed by atoms with Crippen LogP contribution in [0.1, 0.15) is 5.56 Å². The normalized spacial score (nSPS) is 10.7. The summed E-state index contributed by atoms with van der Waals surface area (Å²) in [7, 11) is 0. The highest BCUT2D eigenvalue weighted by Gasteiger charge is 2.20. The molecule has 0 aliphatic rings. The summed E-state index contributed by atoms with van der Waals surface area (Å²) in [4.78, 5) is 11.6. The number of hydrogen-bond acceptors (Lipinski definition) is 2. The molecule has 0 aliphatic heterocycles. The van der Waals surface area contributed by atoms with Gasteiger partial charge in [-0.2, -0.15) is 5.10 Å². The van der Waals surface area contributed by atoms with Crippen molar-refractivity contribution in [3.8, 4) is 0 Å². The zero-order chi connectivity index (χ0) is 14.9. The Morgan fingerprint density at radius 2 is 1.85 bits per heavy atom. The number of aryl methyl sites for hydroxylation is 1. The molecule has 0 fully saturated rings. The molecule has 1 aromatic carbocycles. The van der Waals surface area contributed by atoms with Gasteiger partial charge in [0.15, 0.2) is 23.3 Å². The number of rotatable bonds is 3. The number of amides is 1. The monoisotopic (exact) mass is 287 g/mol.